The minimum Gasteiger partial charge on any atom is -0.341 e. The Labute approximate surface area is 208 Å². The van der Waals surface area contributed by atoms with Gasteiger partial charge in [0.25, 0.3) is 5.92 Å². The van der Waals surface area contributed by atoms with Crippen LogP contribution in [-0.4, -0.2) is 55.9 Å². The summed E-state index contributed by atoms with van der Waals surface area (Å²) in [4.78, 5) is 20.5. The van der Waals surface area contributed by atoms with Crippen molar-refractivity contribution in [3.63, 3.8) is 0 Å². The molecule has 5 rings (SSSR count). The summed E-state index contributed by atoms with van der Waals surface area (Å²) in [6.07, 6.45) is 8.72. The van der Waals surface area contributed by atoms with Crippen molar-refractivity contribution in [1.82, 2.24) is 14.2 Å². The summed E-state index contributed by atoms with van der Waals surface area (Å²) in [6, 6.07) is 2.92. The van der Waals surface area contributed by atoms with Gasteiger partial charge in [-0.25, -0.2) is 22.1 Å². The summed E-state index contributed by atoms with van der Waals surface area (Å²) in [5.74, 6) is -2.47. The number of likely N-dealkylation sites (N-methyl/N-ethyl adjacent to an activating group) is 1. The molecule has 0 bridgehead atoms. The summed E-state index contributed by atoms with van der Waals surface area (Å²) < 4.78 is 52.4. The van der Waals surface area contributed by atoms with Crippen LogP contribution in [0, 0.1) is 17.1 Å². The molecule has 3 saturated carbocycles. The summed E-state index contributed by atoms with van der Waals surface area (Å²) >= 11 is 0. The number of hydrogen-bond acceptors (Lipinski definition) is 4. The summed E-state index contributed by atoms with van der Waals surface area (Å²) in [5, 5.41) is 0. The maximum atomic E-state index is 14.1. The first-order valence-corrected chi connectivity index (χ1v) is 14.7. The monoisotopic (exact) mass is 508 g/mol. The third-order valence-corrected chi connectivity index (χ3v) is 11.2. The molecule has 6 nitrogen and oxygen atoms in total. The number of amides is 1. The van der Waals surface area contributed by atoms with Crippen molar-refractivity contribution in [3.05, 3.63) is 23.5 Å². The van der Waals surface area contributed by atoms with Crippen LogP contribution >= 0.6 is 0 Å². The standard InChI is InChI=1S/C26H38F2N4O2S/c1-18-10-11-22(23(30-18)19-7-4-3-5-8-19)35(29,34)32-16-6-9-21(32)24(33)31(2)20-12-14-25(15-13-20)17-26(25,27)28/h10-11,19-21,29H,3-9,12-17H2,1-2H3/t20?,21-,25?,35+/m0/s1. The topological polar surface area (TPSA) is 77.4 Å². The minimum absolute atomic E-state index is 0.0183. The number of carbonyl (C=O) groups is 1. The lowest BCUT2D eigenvalue weighted by Crippen LogP contribution is -2.50. The lowest BCUT2D eigenvalue weighted by molar-refractivity contribution is -0.136. The molecule has 4 fully saturated rings. The van der Waals surface area contributed by atoms with Gasteiger partial charge < -0.3 is 4.90 Å². The first-order valence-electron chi connectivity index (χ1n) is 13.2. The third-order valence-electron chi connectivity index (χ3n) is 9.15. The largest absolute Gasteiger partial charge is 0.341 e. The lowest BCUT2D eigenvalue weighted by Gasteiger charge is -2.37. The van der Waals surface area contributed by atoms with Crippen molar-refractivity contribution in [2.24, 2.45) is 5.41 Å². The Morgan fingerprint density at radius 3 is 2.40 bits per heavy atom. The second-order valence-electron chi connectivity index (χ2n) is 11.3. The molecule has 4 aliphatic rings. The highest BCUT2D eigenvalue weighted by Crippen LogP contribution is 2.67. The number of nitrogens with one attached hydrogen (secondary N) is 1. The molecule has 0 unspecified atom stereocenters. The second-order valence-corrected chi connectivity index (χ2v) is 13.3. The zero-order valence-electron chi connectivity index (χ0n) is 20.9. The van der Waals surface area contributed by atoms with Gasteiger partial charge in [0.05, 0.1) is 10.6 Å². The molecular formula is C26H38F2N4O2S. The molecule has 0 radical (unpaired) electrons. The molecule has 1 aromatic rings. The Morgan fingerprint density at radius 1 is 1.11 bits per heavy atom. The van der Waals surface area contributed by atoms with Crippen LogP contribution < -0.4 is 0 Å². The predicted molar refractivity (Wildman–Crippen MR) is 131 cm³/mol. The zero-order valence-corrected chi connectivity index (χ0v) is 21.7. The van der Waals surface area contributed by atoms with Crippen molar-refractivity contribution in [2.75, 3.05) is 13.6 Å². The van der Waals surface area contributed by atoms with E-state index in [0.29, 0.717) is 50.0 Å². The molecule has 2 atom stereocenters. The smallest absolute Gasteiger partial charge is 0.254 e. The molecule has 9 heteroatoms. The number of nitrogens with zero attached hydrogens (tertiary/aromatic N) is 3. The highest BCUT2D eigenvalue weighted by Gasteiger charge is 2.70. The van der Waals surface area contributed by atoms with Crippen molar-refractivity contribution in [2.45, 2.75) is 113 Å². The van der Waals surface area contributed by atoms with Crippen LogP contribution in [0.5, 0.6) is 0 Å². The Morgan fingerprint density at radius 2 is 1.77 bits per heavy atom. The first kappa shape index (κ1) is 25.1. The van der Waals surface area contributed by atoms with Gasteiger partial charge in [0, 0.05) is 43.1 Å². The van der Waals surface area contributed by atoms with E-state index in [4.69, 9.17) is 9.76 Å². The average Bonchev–Trinajstić information content (AvgIpc) is 3.17. The zero-order chi connectivity index (χ0) is 25.0. The van der Waals surface area contributed by atoms with E-state index in [2.05, 4.69) is 0 Å². The van der Waals surface area contributed by atoms with E-state index < -0.39 is 27.3 Å². The van der Waals surface area contributed by atoms with E-state index in [-0.39, 0.29) is 24.3 Å². The maximum Gasteiger partial charge on any atom is 0.254 e. The quantitative estimate of drug-likeness (QED) is 0.558. The molecule has 1 N–H and O–H groups in total. The number of pyridine rings is 1. The van der Waals surface area contributed by atoms with E-state index in [1.54, 1.807) is 22.3 Å². The maximum absolute atomic E-state index is 14.1. The first-order chi connectivity index (χ1) is 16.6. The second kappa shape index (κ2) is 9.05. The minimum atomic E-state index is -3.39. The van der Waals surface area contributed by atoms with Gasteiger partial charge in [0.2, 0.25) is 5.91 Å². The fourth-order valence-corrected chi connectivity index (χ4v) is 8.71. The highest BCUT2D eigenvalue weighted by molar-refractivity contribution is 7.90. The molecule has 194 valence electrons. The van der Waals surface area contributed by atoms with Crippen LogP contribution in [0.2, 0.25) is 0 Å². The normalized spacial score (nSPS) is 32.9. The number of aryl methyl sites for hydroxylation is 1. The fraction of sp³-hybridized carbons (Fsp3) is 0.769. The van der Waals surface area contributed by atoms with E-state index in [9.17, 15) is 17.8 Å². The molecule has 1 saturated heterocycles. The molecule has 1 amide bonds. The van der Waals surface area contributed by atoms with Crippen LogP contribution in [0.1, 0.15) is 94.4 Å². The molecule has 1 aliphatic heterocycles. The summed E-state index contributed by atoms with van der Waals surface area (Å²) in [5.41, 5.74) is 0.796. The molecular weight excluding hydrogens is 470 g/mol. The van der Waals surface area contributed by atoms with E-state index in [1.807, 2.05) is 13.0 Å². The number of rotatable bonds is 5. The van der Waals surface area contributed by atoms with Crippen molar-refractivity contribution < 1.29 is 17.8 Å². The van der Waals surface area contributed by atoms with Gasteiger partial charge in [0.15, 0.2) is 0 Å². The fourth-order valence-electron chi connectivity index (χ4n) is 6.77. The Hall–Kier alpha value is -1.61. The molecule has 3 aliphatic carbocycles. The van der Waals surface area contributed by atoms with Crippen molar-refractivity contribution in [3.8, 4) is 0 Å². The van der Waals surface area contributed by atoms with E-state index in [1.165, 1.54) is 6.42 Å². The lowest BCUT2D eigenvalue weighted by atomic mass is 9.82. The van der Waals surface area contributed by atoms with E-state index in [0.717, 1.165) is 37.1 Å². The van der Waals surface area contributed by atoms with Crippen molar-refractivity contribution in [1.29, 1.82) is 4.78 Å². The van der Waals surface area contributed by atoms with Gasteiger partial charge in [-0.3, -0.25) is 9.78 Å². The van der Waals surface area contributed by atoms with E-state index >= 15 is 0 Å². The van der Waals surface area contributed by atoms with Crippen LogP contribution in [-0.2, 0) is 14.7 Å². The van der Waals surface area contributed by atoms with Gasteiger partial charge in [-0.1, -0.05) is 19.3 Å². The van der Waals surface area contributed by atoms with Crippen LogP contribution in [0.25, 0.3) is 0 Å². The number of aromatic nitrogens is 1. The Balaban J connectivity index is 1.34. The predicted octanol–water partition coefficient (Wildman–Crippen LogP) is 5.65. The van der Waals surface area contributed by atoms with Gasteiger partial charge in [-0.2, -0.15) is 0 Å². The molecule has 1 spiro atoms. The van der Waals surface area contributed by atoms with Crippen molar-refractivity contribution >= 4 is 15.8 Å². The van der Waals surface area contributed by atoms with Gasteiger partial charge in [-0.15, -0.1) is 0 Å². The number of halogens is 2. The highest BCUT2D eigenvalue weighted by atomic mass is 32.2. The van der Waals surface area contributed by atoms with Crippen LogP contribution in [0.3, 0.4) is 0 Å². The SMILES string of the molecule is Cc1ccc([S@](=N)(=O)N2CCC[C@H]2C(=O)N(C)C2CCC3(CC2)CC3(F)F)c(C2CCCCC2)n1. The summed E-state index contributed by atoms with van der Waals surface area (Å²) in [6.45, 7) is 2.36. The van der Waals surface area contributed by atoms with Crippen LogP contribution in [0.15, 0.2) is 17.0 Å². The third kappa shape index (κ3) is 4.41. The number of carbonyl (C=O) groups excluding carboxylic acids is 1. The molecule has 35 heavy (non-hydrogen) atoms. The van der Waals surface area contributed by atoms with Crippen LogP contribution in [0.4, 0.5) is 8.78 Å². The van der Waals surface area contributed by atoms with Gasteiger partial charge in [0.1, 0.15) is 16.0 Å². The average molecular weight is 509 g/mol. The van der Waals surface area contributed by atoms with Gasteiger partial charge in [-0.05, 0) is 70.4 Å². The molecule has 0 aromatic carbocycles. The Bertz CT molecular complexity index is 1080. The number of alkyl halides is 2. The Kier molecular flexibility index (Phi) is 6.48. The van der Waals surface area contributed by atoms with Gasteiger partial charge >= 0.3 is 0 Å². The molecule has 1 aromatic heterocycles. The molecule has 2 heterocycles. The number of hydrogen-bond donors (Lipinski definition) is 1. The summed E-state index contributed by atoms with van der Waals surface area (Å²) in [7, 11) is -1.64.